The van der Waals surface area contributed by atoms with Crippen LogP contribution < -0.4 is 5.32 Å². The lowest BCUT2D eigenvalue weighted by atomic mass is 10.0. The number of benzene rings is 1. The zero-order chi connectivity index (χ0) is 18.1. The van der Waals surface area contributed by atoms with Crippen molar-refractivity contribution in [3.05, 3.63) is 34.9 Å². The summed E-state index contributed by atoms with van der Waals surface area (Å²) in [5.74, 6) is 0.185. The monoisotopic (exact) mass is 354 g/mol. The summed E-state index contributed by atoms with van der Waals surface area (Å²) in [6.07, 6.45) is 0.206. The van der Waals surface area contributed by atoms with E-state index in [2.05, 4.69) is 19.2 Å². The molecule has 1 atom stereocenters. The van der Waals surface area contributed by atoms with E-state index in [4.69, 9.17) is 16.3 Å². The van der Waals surface area contributed by atoms with E-state index in [0.29, 0.717) is 30.6 Å². The first-order valence-electron chi connectivity index (χ1n) is 8.12. The van der Waals surface area contributed by atoms with E-state index in [-0.39, 0.29) is 24.3 Å². The van der Waals surface area contributed by atoms with Crippen LogP contribution in [0.3, 0.4) is 0 Å². The third-order valence-corrected chi connectivity index (χ3v) is 3.78. The van der Waals surface area contributed by atoms with Crippen molar-refractivity contribution in [1.29, 1.82) is 0 Å². The Bertz CT molecular complexity index is 532. The van der Waals surface area contributed by atoms with Gasteiger partial charge in [0, 0.05) is 32.1 Å². The topological polar surface area (TPSA) is 58.6 Å². The van der Waals surface area contributed by atoms with Crippen molar-refractivity contribution >= 4 is 23.4 Å². The van der Waals surface area contributed by atoms with Crippen LogP contribution in [0, 0.1) is 5.92 Å². The second kappa shape index (κ2) is 10.3. The van der Waals surface area contributed by atoms with Crippen molar-refractivity contribution in [2.24, 2.45) is 5.92 Å². The predicted molar refractivity (Wildman–Crippen MR) is 95.9 cm³/mol. The fraction of sp³-hybridized carbons (Fsp3) is 0.556. The molecule has 0 radical (unpaired) electrons. The van der Waals surface area contributed by atoms with Gasteiger partial charge in [0.2, 0.25) is 11.8 Å². The highest BCUT2D eigenvalue weighted by Crippen LogP contribution is 2.21. The maximum atomic E-state index is 12.7. The van der Waals surface area contributed by atoms with Crippen LogP contribution in [0.4, 0.5) is 0 Å². The van der Waals surface area contributed by atoms with Crippen molar-refractivity contribution in [2.75, 3.05) is 26.8 Å². The van der Waals surface area contributed by atoms with Crippen LogP contribution in [-0.4, -0.2) is 43.5 Å². The van der Waals surface area contributed by atoms with Crippen molar-refractivity contribution in [1.82, 2.24) is 10.2 Å². The second-order valence-electron chi connectivity index (χ2n) is 6.24. The Morgan fingerprint density at radius 2 is 1.88 bits per heavy atom. The van der Waals surface area contributed by atoms with Crippen LogP contribution >= 0.6 is 11.6 Å². The number of rotatable bonds is 9. The van der Waals surface area contributed by atoms with Crippen molar-refractivity contribution in [2.45, 2.75) is 33.2 Å². The number of hydrogen-bond donors (Lipinski definition) is 1. The third kappa shape index (κ3) is 7.32. The van der Waals surface area contributed by atoms with Gasteiger partial charge in [-0.05, 0) is 23.6 Å². The van der Waals surface area contributed by atoms with Crippen LogP contribution in [0.25, 0.3) is 0 Å². The zero-order valence-corrected chi connectivity index (χ0v) is 15.6. The standard InChI is InChI=1S/C18H27ClN2O3/c1-13(2)12-21(9-10-24-4)18(23)11-17(20-14(3)22)15-5-7-16(19)8-6-15/h5-8,13,17H,9-12H2,1-4H3,(H,20,22). The molecule has 0 heterocycles. The zero-order valence-electron chi connectivity index (χ0n) is 14.8. The van der Waals surface area contributed by atoms with E-state index in [9.17, 15) is 9.59 Å². The highest BCUT2D eigenvalue weighted by Gasteiger charge is 2.22. The molecule has 0 spiro atoms. The Balaban J connectivity index is 2.87. The van der Waals surface area contributed by atoms with E-state index in [0.717, 1.165) is 5.56 Å². The molecule has 1 aromatic rings. The van der Waals surface area contributed by atoms with E-state index in [1.165, 1.54) is 6.92 Å². The van der Waals surface area contributed by atoms with Gasteiger partial charge in [-0.1, -0.05) is 37.6 Å². The van der Waals surface area contributed by atoms with Gasteiger partial charge in [0.05, 0.1) is 19.1 Å². The van der Waals surface area contributed by atoms with Gasteiger partial charge in [-0.15, -0.1) is 0 Å². The van der Waals surface area contributed by atoms with Gasteiger partial charge in [-0.25, -0.2) is 0 Å². The molecule has 1 N–H and O–H groups in total. The van der Waals surface area contributed by atoms with E-state index >= 15 is 0 Å². The van der Waals surface area contributed by atoms with Gasteiger partial charge in [0.25, 0.3) is 0 Å². The highest BCUT2D eigenvalue weighted by molar-refractivity contribution is 6.30. The van der Waals surface area contributed by atoms with Gasteiger partial charge in [0.15, 0.2) is 0 Å². The minimum absolute atomic E-state index is 0.00514. The maximum absolute atomic E-state index is 12.7. The first-order valence-corrected chi connectivity index (χ1v) is 8.50. The first kappa shape index (κ1) is 20.5. The molecule has 2 amide bonds. The number of carbonyl (C=O) groups is 2. The molecule has 1 aromatic carbocycles. The molecule has 0 bridgehead atoms. The molecular weight excluding hydrogens is 328 g/mol. The number of nitrogens with zero attached hydrogens (tertiary/aromatic N) is 1. The molecule has 0 saturated heterocycles. The Kier molecular flexibility index (Phi) is 8.79. The number of nitrogens with one attached hydrogen (secondary N) is 1. The first-order chi connectivity index (χ1) is 11.3. The summed E-state index contributed by atoms with van der Waals surface area (Å²) in [7, 11) is 1.62. The molecule has 6 heteroatoms. The summed E-state index contributed by atoms with van der Waals surface area (Å²) in [6, 6.07) is 6.81. The van der Waals surface area contributed by atoms with Gasteiger partial charge < -0.3 is 15.0 Å². The molecule has 0 aliphatic carbocycles. The molecule has 0 fully saturated rings. The Morgan fingerprint density at radius 3 is 2.38 bits per heavy atom. The molecule has 0 aliphatic heterocycles. The molecule has 24 heavy (non-hydrogen) atoms. The normalized spacial score (nSPS) is 12.1. The Labute approximate surface area is 149 Å². The molecular formula is C18H27ClN2O3. The molecule has 0 aromatic heterocycles. The van der Waals surface area contributed by atoms with Gasteiger partial charge >= 0.3 is 0 Å². The molecule has 5 nitrogen and oxygen atoms in total. The Hall–Kier alpha value is -1.59. The number of ether oxygens (including phenoxy) is 1. The third-order valence-electron chi connectivity index (χ3n) is 3.53. The fourth-order valence-corrected chi connectivity index (χ4v) is 2.58. The summed E-state index contributed by atoms with van der Waals surface area (Å²) in [6.45, 7) is 7.28. The average molecular weight is 355 g/mol. The molecule has 1 unspecified atom stereocenters. The quantitative estimate of drug-likeness (QED) is 0.741. The lowest BCUT2D eigenvalue weighted by Gasteiger charge is -2.27. The molecule has 134 valence electrons. The van der Waals surface area contributed by atoms with Crippen molar-refractivity contribution in [3.63, 3.8) is 0 Å². The van der Waals surface area contributed by atoms with E-state index < -0.39 is 0 Å². The molecule has 0 aliphatic rings. The highest BCUT2D eigenvalue weighted by atomic mass is 35.5. The van der Waals surface area contributed by atoms with Crippen molar-refractivity contribution in [3.8, 4) is 0 Å². The van der Waals surface area contributed by atoms with Gasteiger partial charge in [0.1, 0.15) is 0 Å². The number of methoxy groups -OCH3 is 1. The summed E-state index contributed by atoms with van der Waals surface area (Å²) in [4.78, 5) is 26.0. The number of hydrogen-bond acceptors (Lipinski definition) is 3. The largest absolute Gasteiger partial charge is 0.383 e. The van der Waals surface area contributed by atoms with Gasteiger partial charge in [-0.3, -0.25) is 9.59 Å². The smallest absolute Gasteiger partial charge is 0.225 e. The summed E-state index contributed by atoms with van der Waals surface area (Å²) >= 11 is 5.92. The van der Waals surface area contributed by atoms with Crippen LogP contribution in [0.1, 0.15) is 38.8 Å². The summed E-state index contributed by atoms with van der Waals surface area (Å²) in [5.41, 5.74) is 0.860. The second-order valence-corrected chi connectivity index (χ2v) is 6.67. The lowest BCUT2D eigenvalue weighted by molar-refractivity contribution is -0.133. The lowest BCUT2D eigenvalue weighted by Crippen LogP contribution is -2.39. The van der Waals surface area contributed by atoms with Crippen LogP contribution in [0.5, 0.6) is 0 Å². The maximum Gasteiger partial charge on any atom is 0.225 e. The average Bonchev–Trinajstić information content (AvgIpc) is 2.50. The van der Waals surface area contributed by atoms with Crippen molar-refractivity contribution < 1.29 is 14.3 Å². The SMILES string of the molecule is COCCN(CC(C)C)C(=O)CC(NC(C)=O)c1ccc(Cl)cc1. The molecule has 1 rings (SSSR count). The summed E-state index contributed by atoms with van der Waals surface area (Å²) < 4.78 is 5.09. The number of amides is 2. The van der Waals surface area contributed by atoms with Crippen LogP contribution in [0.2, 0.25) is 5.02 Å². The summed E-state index contributed by atoms with van der Waals surface area (Å²) in [5, 5.41) is 3.47. The number of carbonyl (C=O) groups excluding carboxylic acids is 2. The fourth-order valence-electron chi connectivity index (χ4n) is 2.46. The predicted octanol–water partition coefficient (Wildman–Crippen LogP) is 3.04. The van der Waals surface area contributed by atoms with E-state index in [1.807, 2.05) is 12.1 Å². The van der Waals surface area contributed by atoms with Crippen LogP contribution in [0.15, 0.2) is 24.3 Å². The minimum Gasteiger partial charge on any atom is -0.383 e. The van der Waals surface area contributed by atoms with Gasteiger partial charge in [-0.2, -0.15) is 0 Å². The van der Waals surface area contributed by atoms with E-state index in [1.54, 1.807) is 24.1 Å². The Morgan fingerprint density at radius 1 is 1.25 bits per heavy atom. The minimum atomic E-state index is -0.371. The molecule has 0 saturated carbocycles. The number of halogens is 1. The van der Waals surface area contributed by atoms with Crippen LogP contribution in [-0.2, 0) is 14.3 Å².